The summed E-state index contributed by atoms with van der Waals surface area (Å²) in [5, 5.41) is 5.99. The number of fused-ring (bicyclic) bond motifs is 2. The SMILES string of the molecule is O=c1[nH]c2ccc(S(=O)(=O)NCCc3csc4ncnn34)cc2[nH]1. The van der Waals surface area contributed by atoms with Gasteiger partial charge in [0.2, 0.25) is 15.0 Å². The summed E-state index contributed by atoms with van der Waals surface area (Å²) in [7, 11) is -3.66. The number of thiazole rings is 1. The van der Waals surface area contributed by atoms with Gasteiger partial charge in [0, 0.05) is 18.3 Å². The topological polar surface area (TPSA) is 125 Å². The second-order valence-electron chi connectivity index (χ2n) is 5.12. The molecule has 3 heterocycles. The van der Waals surface area contributed by atoms with E-state index in [9.17, 15) is 13.2 Å². The molecule has 0 saturated carbocycles. The molecule has 0 aliphatic carbocycles. The number of hydrogen-bond donors (Lipinski definition) is 3. The molecule has 0 radical (unpaired) electrons. The number of aromatic nitrogens is 5. The molecule has 0 atom stereocenters. The molecule has 0 saturated heterocycles. The number of rotatable bonds is 5. The van der Waals surface area contributed by atoms with Crippen molar-refractivity contribution in [3.05, 3.63) is 46.1 Å². The molecular formula is C13H12N6O3S2. The van der Waals surface area contributed by atoms with Crippen LogP contribution in [0.4, 0.5) is 0 Å². The minimum Gasteiger partial charge on any atom is -0.306 e. The summed E-state index contributed by atoms with van der Waals surface area (Å²) in [6.07, 6.45) is 1.96. The number of sulfonamides is 1. The molecule has 4 rings (SSSR count). The van der Waals surface area contributed by atoms with Crippen LogP contribution in [0.1, 0.15) is 5.69 Å². The predicted octanol–water partition coefficient (Wildman–Crippen LogP) is 0.481. The van der Waals surface area contributed by atoms with Crippen molar-refractivity contribution in [1.29, 1.82) is 0 Å². The highest BCUT2D eigenvalue weighted by atomic mass is 32.2. The van der Waals surface area contributed by atoms with Crippen LogP contribution in [0, 0.1) is 0 Å². The van der Waals surface area contributed by atoms with E-state index in [1.54, 1.807) is 10.6 Å². The van der Waals surface area contributed by atoms with Gasteiger partial charge in [0.1, 0.15) is 6.33 Å². The van der Waals surface area contributed by atoms with E-state index in [1.165, 1.54) is 29.8 Å². The van der Waals surface area contributed by atoms with Crippen LogP contribution in [-0.4, -0.2) is 39.5 Å². The number of benzene rings is 1. The molecule has 3 aromatic heterocycles. The minimum atomic E-state index is -3.66. The van der Waals surface area contributed by atoms with Gasteiger partial charge < -0.3 is 9.97 Å². The van der Waals surface area contributed by atoms with Crippen molar-refractivity contribution in [2.24, 2.45) is 0 Å². The van der Waals surface area contributed by atoms with Crippen LogP contribution in [0.3, 0.4) is 0 Å². The van der Waals surface area contributed by atoms with Gasteiger partial charge in [-0.15, -0.1) is 11.3 Å². The number of nitrogens with one attached hydrogen (secondary N) is 3. The molecule has 11 heteroatoms. The summed E-state index contributed by atoms with van der Waals surface area (Å²) in [5.41, 5.74) is 1.53. The van der Waals surface area contributed by atoms with Crippen LogP contribution in [0.15, 0.2) is 39.6 Å². The minimum absolute atomic E-state index is 0.0986. The quantitative estimate of drug-likeness (QED) is 0.475. The summed E-state index contributed by atoms with van der Waals surface area (Å²) < 4.78 is 29.0. The molecule has 3 N–H and O–H groups in total. The summed E-state index contributed by atoms with van der Waals surface area (Å²) in [6, 6.07) is 4.43. The Morgan fingerprint density at radius 3 is 2.96 bits per heavy atom. The maximum absolute atomic E-state index is 12.4. The van der Waals surface area contributed by atoms with Gasteiger partial charge in [0.25, 0.3) is 0 Å². The molecule has 0 aliphatic rings. The Morgan fingerprint density at radius 1 is 1.25 bits per heavy atom. The summed E-state index contributed by atoms with van der Waals surface area (Å²) >= 11 is 1.45. The van der Waals surface area contributed by atoms with Crippen LogP contribution in [0.25, 0.3) is 16.0 Å². The molecule has 0 bridgehead atoms. The summed E-state index contributed by atoms with van der Waals surface area (Å²) in [6.45, 7) is 0.232. The highest BCUT2D eigenvalue weighted by Crippen LogP contribution is 2.16. The van der Waals surface area contributed by atoms with Gasteiger partial charge in [0.05, 0.1) is 21.6 Å². The monoisotopic (exact) mass is 364 g/mol. The highest BCUT2D eigenvalue weighted by molar-refractivity contribution is 7.89. The fourth-order valence-corrected chi connectivity index (χ4v) is 4.31. The van der Waals surface area contributed by atoms with Gasteiger partial charge in [-0.05, 0) is 18.2 Å². The van der Waals surface area contributed by atoms with Gasteiger partial charge in [-0.1, -0.05) is 0 Å². The zero-order valence-corrected chi connectivity index (χ0v) is 13.8. The number of nitrogens with zero attached hydrogens (tertiary/aromatic N) is 3. The molecule has 124 valence electrons. The van der Waals surface area contributed by atoms with E-state index in [0.29, 0.717) is 17.5 Å². The normalized spacial score (nSPS) is 12.3. The third-order valence-electron chi connectivity index (χ3n) is 3.56. The molecule has 0 spiro atoms. The fourth-order valence-electron chi connectivity index (χ4n) is 2.42. The Labute approximate surface area is 139 Å². The smallest absolute Gasteiger partial charge is 0.306 e. The molecule has 0 amide bonds. The summed E-state index contributed by atoms with van der Waals surface area (Å²) in [4.78, 5) is 21.3. The van der Waals surface area contributed by atoms with Crippen LogP contribution >= 0.6 is 11.3 Å². The van der Waals surface area contributed by atoms with Crippen molar-refractivity contribution in [3.8, 4) is 0 Å². The number of imidazole rings is 1. The maximum atomic E-state index is 12.4. The van der Waals surface area contributed by atoms with E-state index in [4.69, 9.17) is 0 Å². The molecule has 0 unspecified atom stereocenters. The maximum Gasteiger partial charge on any atom is 0.323 e. The Kier molecular flexibility index (Phi) is 3.48. The zero-order valence-electron chi connectivity index (χ0n) is 12.2. The van der Waals surface area contributed by atoms with Crippen molar-refractivity contribution >= 4 is 37.4 Å². The van der Waals surface area contributed by atoms with E-state index in [-0.39, 0.29) is 17.1 Å². The van der Waals surface area contributed by atoms with Crippen LogP contribution < -0.4 is 10.4 Å². The molecule has 9 nitrogen and oxygen atoms in total. The Balaban J connectivity index is 1.51. The van der Waals surface area contributed by atoms with Crippen molar-refractivity contribution in [3.63, 3.8) is 0 Å². The van der Waals surface area contributed by atoms with E-state index in [0.717, 1.165) is 10.7 Å². The van der Waals surface area contributed by atoms with E-state index in [2.05, 4.69) is 24.8 Å². The first kappa shape index (κ1) is 15.1. The van der Waals surface area contributed by atoms with Crippen LogP contribution in [0.2, 0.25) is 0 Å². The summed E-state index contributed by atoms with van der Waals surface area (Å²) in [5.74, 6) is 0. The number of hydrogen-bond acceptors (Lipinski definition) is 6. The van der Waals surface area contributed by atoms with Gasteiger partial charge in [0.15, 0.2) is 0 Å². The Hall–Kier alpha value is -2.50. The van der Waals surface area contributed by atoms with Crippen molar-refractivity contribution in [2.75, 3.05) is 6.54 Å². The van der Waals surface area contributed by atoms with Gasteiger partial charge in [-0.2, -0.15) is 5.10 Å². The van der Waals surface area contributed by atoms with Crippen molar-refractivity contribution < 1.29 is 8.42 Å². The lowest BCUT2D eigenvalue weighted by Crippen LogP contribution is -2.26. The van der Waals surface area contributed by atoms with Crippen LogP contribution in [0.5, 0.6) is 0 Å². The first-order valence-corrected chi connectivity index (χ1v) is 9.37. The van der Waals surface area contributed by atoms with E-state index >= 15 is 0 Å². The van der Waals surface area contributed by atoms with Gasteiger partial charge >= 0.3 is 5.69 Å². The average molecular weight is 364 g/mol. The lowest BCUT2D eigenvalue weighted by atomic mass is 10.3. The third-order valence-corrected chi connectivity index (χ3v) is 5.90. The highest BCUT2D eigenvalue weighted by Gasteiger charge is 2.15. The average Bonchev–Trinajstić information content (AvgIpc) is 3.21. The van der Waals surface area contributed by atoms with E-state index < -0.39 is 10.0 Å². The fraction of sp³-hybridized carbons (Fsp3) is 0.154. The van der Waals surface area contributed by atoms with Crippen molar-refractivity contribution in [2.45, 2.75) is 11.3 Å². The zero-order chi connectivity index (χ0) is 16.7. The lowest BCUT2D eigenvalue weighted by molar-refractivity contribution is 0.581. The largest absolute Gasteiger partial charge is 0.323 e. The first-order chi connectivity index (χ1) is 11.5. The Morgan fingerprint density at radius 2 is 2.08 bits per heavy atom. The number of H-pyrrole nitrogens is 2. The lowest BCUT2D eigenvalue weighted by Gasteiger charge is -2.06. The second kappa shape index (κ2) is 5.54. The van der Waals surface area contributed by atoms with Gasteiger partial charge in [-0.3, -0.25) is 0 Å². The predicted molar refractivity (Wildman–Crippen MR) is 88.7 cm³/mol. The van der Waals surface area contributed by atoms with Crippen molar-refractivity contribution in [1.82, 2.24) is 29.3 Å². The molecular weight excluding hydrogens is 352 g/mol. The first-order valence-electron chi connectivity index (χ1n) is 7.01. The molecule has 4 aromatic rings. The molecule has 0 aliphatic heterocycles. The van der Waals surface area contributed by atoms with E-state index in [1.807, 2.05) is 5.38 Å². The standard InChI is InChI=1S/C13H12N6O3S2/c20-12-17-10-2-1-9(5-11(10)18-12)24(21,22)16-4-3-8-6-23-13-14-7-15-19(8)13/h1-2,5-7,16H,3-4H2,(H2,17,18,20). The van der Waals surface area contributed by atoms with Crippen LogP contribution in [-0.2, 0) is 16.4 Å². The second-order valence-corrected chi connectivity index (χ2v) is 7.72. The Bertz CT molecular complexity index is 1180. The molecule has 24 heavy (non-hydrogen) atoms. The van der Waals surface area contributed by atoms with Gasteiger partial charge in [-0.25, -0.2) is 27.4 Å². The molecule has 0 fully saturated rings. The molecule has 1 aromatic carbocycles. The third kappa shape index (κ3) is 2.62. The number of aromatic amines is 2.